The minimum absolute atomic E-state index is 0.403. The van der Waals surface area contributed by atoms with E-state index in [0.717, 1.165) is 11.1 Å². The highest BCUT2D eigenvalue weighted by Gasteiger charge is 2.12. The molecule has 1 aliphatic carbocycles. The molecule has 0 spiro atoms. The van der Waals surface area contributed by atoms with Gasteiger partial charge < -0.3 is 11.1 Å². The van der Waals surface area contributed by atoms with Gasteiger partial charge in [-0.3, -0.25) is 0 Å². The maximum Gasteiger partial charge on any atom is 0.189 e. The number of aliphatic imine (C=N–C) groups is 1. The molecule has 3 rings (SSSR count). The van der Waals surface area contributed by atoms with Crippen LogP contribution in [0.3, 0.4) is 0 Å². The number of hydrogen-bond acceptors (Lipinski definition) is 3. The fourth-order valence-electron chi connectivity index (χ4n) is 3.05. The van der Waals surface area contributed by atoms with E-state index in [2.05, 4.69) is 20.3 Å². The SMILES string of the molecule is NC(=NCc1ncc(-c2ccccc2)cn1)NC1CCCCCC1. The van der Waals surface area contributed by atoms with Gasteiger partial charge >= 0.3 is 0 Å². The van der Waals surface area contributed by atoms with Gasteiger partial charge in [0.15, 0.2) is 5.96 Å². The van der Waals surface area contributed by atoms with Crippen LogP contribution in [0.15, 0.2) is 47.7 Å². The van der Waals surface area contributed by atoms with E-state index in [4.69, 9.17) is 5.73 Å². The number of nitrogens with two attached hydrogens (primary N) is 1. The quantitative estimate of drug-likeness (QED) is 0.514. The Kier molecular flexibility index (Phi) is 5.77. The first-order chi connectivity index (χ1) is 11.8. The van der Waals surface area contributed by atoms with E-state index in [1.165, 1.54) is 38.5 Å². The molecule has 24 heavy (non-hydrogen) atoms. The van der Waals surface area contributed by atoms with Crippen molar-refractivity contribution in [1.82, 2.24) is 15.3 Å². The van der Waals surface area contributed by atoms with Crippen LogP contribution in [0.25, 0.3) is 11.1 Å². The van der Waals surface area contributed by atoms with Gasteiger partial charge in [-0.2, -0.15) is 0 Å². The third-order valence-corrected chi connectivity index (χ3v) is 4.41. The summed E-state index contributed by atoms with van der Waals surface area (Å²) in [6.45, 7) is 0.403. The molecule has 1 aromatic heterocycles. The van der Waals surface area contributed by atoms with E-state index in [-0.39, 0.29) is 0 Å². The number of guanidine groups is 1. The lowest BCUT2D eigenvalue weighted by Gasteiger charge is -2.16. The third kappa shape index (κ3) is 4.78. The van der Waals surface area contributed by atoms with Crippen LogP contribution in [0.4, 0.5) is 0 Å². The molecular weight excluding hydrogens is 298 g/mol. The van der Waals surface area contributed by atoms with Crippen LogP contribution in [0.1, 0.15) is 44.3 Å². The van der Waals surface area contributed by atoms with Crippen LogP contribution in [-0.4, -0.2) is 22.0 Å². The summed E-state index contributed by atoms with van der Waals surface area (Å²) in [5.74, 6) is 1.18. The van der Waals surface area contributed by atoms with Gasteiger partial charge in [0.25, 0.3) is 0 Å². The molecule has 5 nitrogen and oxygen atoms in total. The van der Waals surface area contributed by atoms with Gasteiger partial charge in [0, 0.05) is 24.0 Å². The third-order valence-electron chi connectivity index (χ3n) is 4.41. The second kappa shape index (κ2) is 8.43. The summed E-state index contributed by atoms with van der Waals surface area (Å²) in [6, 6.07) is 10.6. The smallest absolute Gasteiger partial charge is 0.189 e. The van der Waals surface area contributed by atoms with Crippen molar-refractivity contribution < 1.29 is 0 Å². The van der Waals surface area contributed by atoms with Gasteiger partial charge in [-0.15, -0.1) is 0 Å². The van der Waals surface area contributed by atoms with Crippen LogP contribution < -0.4 is 11.1 Å². The molecule has 0 bridgehead atoms. The Hall–Kier alpha value is -2.43. The van der Waals surface area contributed by atoms with Gasteiger partial charge in [0.05, 0.1) is 0 Å². The summed E-state index contributed by atoms with van der Waals surface area (Å²) >= 11 is 0. The summed E-state index contributed by atoms with van der Waals surface area (Å²) in [5.41, 5.74) is 8.13. The number of rotatable bonds is 4. The van der Waals surface area contributed by atoms with Crippen molar-refractivity contribution in [2.24, 2.45) is 10.7 Å². The monoisotopic (exact) mass is 323 g/mol. The lowest BCUT2D eigenvalue weighted by Crippen LogP contribution is -2.39. The molecule has 3 N–H and O–H groups in total. The van der Waals surface area contributed by atoms with Gasteiger partial charge in [0.2, 0.25) is 0 Å². The Labute approximate surface area is 143 Å². The molecule has 1 heterocycles. The highest BCUT2D eigenvalue weighted by atomic mass is 15.1. The molecule has 5 heteroatoms. The standard InChI is InChI=1S/C19H25N5/c20-19(24-17-10-6-1-2-7-11-17)23-14-18-21-12-16(13-22-18)15-8-4-3-5-9-15/h3-5,8-9,12-13,17H,1-2,6-7,10-11,14H2,(H3,20,23,24). The van der Waals surface area contributed by atoms with E-state index in [1.807, 2.05) is 42.7 Å². The topological polar surface area (TPSA) is 76.2 Å². The molecule has 2 aromatic rings. The second-order valence-corrected chi connectivity index (χ2v) is 6.29. The molecular formula is C19H25N5. The molecule has 1 fully saturated rings. The number of benzene rings is 1. The zero-order valence-corrected chi connectivity index (χ0v) is 14.0. The lowest BCUT2D eigenvalue weighted by atomic mass is 10.1. The van der Waals surface area contributed by atoms with Crippen molar-refractivity contribution >= 4 is 5.96 Å². The fraction of sp³-hybridized carbons (Fsp3) is 0.421. The van der Waals surface area contributed by atoms with E-state index in [1.54, 1.807) is 0 Å². The minimum Gasteiger partial charge on any atom is -0.370 e. The first kappa shape index (κ1) is 16.4. The van der Waals surface area contributed by atoms with E-state index in [9.17, 15) is 0 Å². The van der Waals surface area contributed by atoms with Crippen LogP contribution in [0.2, 0.25) is 0 Å². The Morgan fingerprint density at radius 2 is 1.67 bits per heavy atom. The molecule has 0 radical (unpaired) electrons. The molecule has 126 valence electrons. The van der Waals surface area contributed by atoms with Gasteiger partial charge in [-0.25, -0.2) is 15.0 Å². The minimum atomic E-state index is 0.403. The molecule has 0 saturated heterocycles. The first-order valence-corrected chi connectivity index (χ1v) is 8.74. The molecule has 0 unspecified atom stereocenters. The molecule has 0 aliphatic heterocycles. The van der Waals surface area contributed by atoms with Gasteiger partial charge in [0.1, 0.15) is 12.4 Å². The predicted molar refractivity (Wildman–Crippen MR) is 97.4 cm³/mol. The zero-order valence-electron chi connectivity index (χ0n) is 14.0. The average Bonchev–Trinajstić information content (AvgIpc) is 2.90. The number of hydrogen-bond donors (Lipinski definition) is 2. The normalized spacial score (nSPS) is 16.6. The maximum atomic E-state index is 6.01. The Balaban J connectivity index is 1.55. The summed E-state index contributed by atoms with van der Waals surface area (Å²) in [4.78, 5) is 13.2. The Morgan fingerprint density at radius 3 is 2.33 bits per heavy atom. The average molecular weight is 323 g/mol. The van der Waals surface area contributed by atoms with Crippen molar-refractivity contribution in [3.8, 4) is 11.1 Å². The Bertz CT molecular complexity index is 643. The fourth-order valence-corrected chi connectivity index (χ4v) is 3.05. The van der Waals surface area contributed by atoms with E-state index < -0.39 is 0 Å². The lowest BCUT2D eigenvalue weighted by molar-refractivity contribution is 0.530. The van der Waals surface area contributed by atoms with E-state index >= 15 is 0 Å². The van der Waals surface area contributed by atoms with Crippen LogP contribution in [0, 0.1) is 0 Å². The maximum absolute atomic E-state index is 6.01. The van der Waals surface area contributed by atoms with Crippen molar-refractivity contribution in [2.75, 3.05) is 0 Å². The van der Waals surface area contributed by atoms with Crippen molar-refractivity contribution in [2.45, 2.75) is 51.1 Å². The summed E-state index contributed by atoms with van der Waals surface area (Å²) < 4.78 is 0. The molecule has 0 amide bonds. The number of nitrogens with zero attached hydrogens (tertiary/aromatic N) is 3. The van der Waals surface area contributed by atoms with Crippen molar-refractivity contribution in [3.63, 3.8) is 0 Å². The first-order valence-electron chi connectivity index (χ1n) is 8.74. The van der Waals surface area contributed by atoms with Crippen LogP contribution >= 0.6 is 0 Å². The number of aromatic nitrogens is 2. The predicted octanol–water partition coefficient (Wildman–Crippen LogP) is 3.27. The summed E-state index contributed by atoms with van der Waals surface area (Å²) in [6.07, 6.45) is 11.2. The summed E-state index contributed by atoms with van der Waals surface area (Å²) in [5, 5.41) is 3.34. The molecule has 1 aliphatic rings. The molecule has 1 saturated carbocycles. The molecule has 0 atom stereocenters. The van der Waals surface area contributed by atoms with Crippen LogP contribution in [0.5, 0.6) is 0 Å². The second-order valence-electron chi connectivity index (χ2n) is 6.29. The van der Waals surface area contributed by atoms with E-state index in [0.29, 0.717) is 24.4 Å². The largest absolute Gasteiger partial charge is 0.370 e. The molecule has 1 aromatic carbocycles. The van der Waals surface area contributed by atoms with Gasteiger partial charge in [-0.05, 0) is 18.4 Å². The van der Waals surface area contributed by atoms with Crippen LogP contribution in [-0.2, 0) is 6.54 Å². The summed E-state index contributed by atoms with van der Waals surface area (Å²) in [7, 11) is 0. The number of nitrogens with one attached hydrogen (secondary N) is 1. The highest BCUT2D eigenvalue weighted by molar-refractivity contribution is 5.78. The van der Waals surface area contributed by atoms with Crippen molar-refractivity contribution in [3.05, 3.63) is 48.5 Å². The van der Waals surface area contributed by atoms with Gasteiger partial charge in [-0.1, -0.05) is 56.0 Å². The van der Waals surface area contributed by atoms with Crippen molar-refractivity contribution in [1.29, 1.82) is 0 Å². The zero-order chi connectivity index (χ0) is 16.6. The highest BCUT2D eigenvalue weighted by Crippen LogP contribution is 2.17. The Morgan fingerprint density at radius 1 is 1.00 bits per heavy atom.